The van der Waals surface area contributed by atoms with E-state index in [1.54, 1.807) is 0 Å². The van der Waals surface area contributed by atoms with Gasteiger partial charge in [-0.3, -0.25) is 5.43 Å². The predicted octanol–water partition coefficient (Wildman–Crippen LogP) is 3.79. The van der Waals surface area contributed by atoms with Gasteiger partial charge in [-0.15, -0.1) is 5.11 Å². The summed E-state index contributed by atoms with van der Waals surface area (Å²) in [6.45, 7) is 0. The van der Waals surface area contributed by atoms with Crippen LogP contribution in [-0.2, 0) is 17.1 Å². The van der Waals surface area contributed by atoms with Crippen molar-refractivity contribution in [2.45, 2.75) is 0 Å². The van der Waals surface area contributed by atoms with Crippen molar-refractivity contribution in [1.82, 2.24) is 0 Å². The van der Waals surface area contributed by atoms with Gasteiger partial charge in [0.2, 0.25) is 0 Å². The topological polar surface area (TPSA) is 36.8 Å². The molecule has 2 aromatic rings. The summed E-state index contributed by atoms with van der Waals surface area (Å²) >= 11 is 0. The molecule has 0 atom stereocenters. The van der Waals surface area contributed by atoms with E-state index < -0.39 is 0 Å². The minimum atomic E-state index is 0. The summed E-state index contributed by atoms with van der Waals surface area (Å²) in [6.07, 6.45) is 0. The smallest absolute Gasteiger partial charge is 0.0874 e. The summed E-state index contributed by atoms with van der Waals surface area (Å²) in [4.78, 5) is 0. The number of hydrogen-bond donors (Lipinski definition) is 1. The number of benzene rings is 2. The van der Waals surface area contributed by atoms with Crippen molar-refractivity contribution >= 4 is 11.4 Å². The number of nitrogens with one attached hydrogen (secondary N) is 1. The Morgan fingerprint density at radius 2 is 1.31 bits per heavy atom. The Morgan fingerprint density at radius 3 is 1.94 bits per heavy atom. The van der Waals surface area contributed by atoms with Crippen molar-refractivity contribution in [1.29, 1.82) is 0 Å². The normalized spacial score (nSPS) is 9.75. The summed E-state index contributed by atoms with van der Waals surface area (Å²) in [6, 6.07) is 19.3. The molecular formula is C12H11CuN3. The molecule has 0 heterocycles. The summed E-state index contributed by atoms with van der Waals surface area (Å²) in [5.41, 5.74) is 4.61. The fraction of sp³-hybridized carbons (Fsp3) is 0. The maximum atomic E-state index is 4.02. The van der Waals surface area contributed by atoms with E-state index in [0.29, 0.717) is 0 Å². The second-order valence-corrected chi connectivity index (χ2v) is 3.01. The molecule has 2 aromatic carbocycles. The number of rotatable bonds is 3. The van der Waals surface area contributed by atoms with Gasteiger partial charge in [0.1, 0.15) is 0 Å². The number of nitrogens with zero attached hydrogens (tertiary/aromatic N) is 2. The zero-order chi connectivity index (χ0) is 10.3. The molecule has 85 valence electrons. The summed E-state index contributed by atoms with van der Waals surface area (Å²) in [5, 5.41) is 7.90. The van der Waals surface area contributed by atoms with E-state index in [2.05, 4.69) is 15.8 Å². The first-order chi connectivity index (χ1) is 7.45. The number of hydrogen-bond acceptors (Lipinski definition) is 2. The van der Waals surface area contributed by atoms with Crippen molar-refractivity contribution < 1.29 is 17.1 Å². The molecule has 0 aromatic heterocycles. The van der Waals surface area contributed by atoms with Crippen LogP contribution in [0, 0.1) is 0 Å². The van der Waals surface area contributed by atoms with E-state index in [0.717, 1.165) is 11.4 Å². The van der Waals surface area contributed by atoms with E-state index in [1.165, 1.54) is 0 Å². The van der Waals surface area contributed by atoms with Crippen LogP contribution in [0.25, 0.3) is 0 Å². The molecule has 0 amide bonds. The Bertz CT molecular complexity index is 429. The van der Waals surface area contributed by atoms with Crippen LogP contribution in [-0.4, -0.2) is 0 Å². The van der Waals surface area contributed by atoms with Crippen LogP contribution in [0.15, 0.2) is 71.0 Å². The Balaban J connectivity index is 0.00000128. The van der Waals surface area contributed by atoms with Crippen molar-refractivity contribution in [3.05, 3.63) is 60.7 Å². The standard InChI is InChI=1S/C12H11N3.Cu/c1-3-7-11(8-4-1)13-15-14-12-9-5-2-6-10-12;/h1-10H,(H,13,14);. The van der Waals surface area contributed by atoms with Gasteiger partial charge in [0.15, 0.2) is 0 Å². The molecule has 0 spiro atoms. The minimum Gasteiger partial charge on any atom is -0.260 e. The molecule has 0 fully saturated rings. The molecule has 2 rings (SSSR count). The van der Waals surface area contributed by atoms with Gasteiger partial charge >= 0.3 is 0 Å². The Hall–Kier alpha value is -1.64. The second kappa shape index (κ2) is 6.77. The Kier molecular flexibility index (Phi) is 5.26. The third-order valence-electron chi connectivity index (χ3n) is 1.87. The molecule has 1 N–H and O–H groups in total. The van der Waals surface area contributed by atoms with Crippen LogP contribution in [0.2, 0.25) is 0 Å². The summed E-state index contributed by atoms with van der Waals surface area (Å²) < 4.78 is 0. The van der Waals surface area contributed by atoms with E-state index in [-0.39, 0.29) is 17.1 Å². The van der Waals surface area contributed by atoms with Crippen LogP contribution in [0.5, 0.6) is 0 Å². The van der Waals surface area contributed by atoms with Gasteiger partial charge in [-0.2, -0.15) is 0 Å². The molecule has 0 aliphatic carbocycles. The first-order valence-corrected chi connectivity index (χ1v) is 4.72. The van der Waals surface area contributed by atoms with Gasteiger partial charge in [0.25, 0.3) is 0 Å². The average molecular weight is 261 g/mol. The Morgan fingerprint density at radius 1 is 0.750 bits per heavy atom. The molecule has 0 saturated heterocycles. The summed E-state index contributed by atoms with van der Waals surface area (Å²) in [7, 11) is 0. The molecule has 0 aliphatic rings. The largest absolute Gasteiger partial charge is 0.260 e. The van der Waals surface area contributed by atoms with Crippen LogP contribution in [0.3, 0.4) is 0 Å². The molecule has 0 aliphatic heterocycles. The van der Waals surface area contributed by atoms with Crippen LogP contribution < -0.4 is 5.43 Å². The molecule has 1 radical (unpaired) electrons. The molecule has 0 bridgehead atoms. The van der Waals surface area contributed by atoms with Crippen LogP contribution in [0.1, 0.15) is 0 Å². The molecule has 0 saturated carbocycles. The average Bonchev–Trinajstić information content (AvgIpc) is 2.32. The fourth-order valence-electron chi connectivity index (χ4n) is 1.15. The van der Waals surface area contributed by atoms with Gasteiger partial charge in [-0.05, 0) is 24.3 Å². The molecule has 3 nitrogen and oxygen atoms in total. The van der Waals surface area contributed by atoms with E-state index >= 15 is 0 Å². The predicted molar refractivity (Wildman–Crippen MR) is 61.0 cm³/mol. The van der Waals surface area contributed by atoms with Crippen molar-refractivity contribution in [2.24, 2.45) is 10.3 Å². The SMILES string of the molecule is [Cu].c1ccc(/N=N\Nc2ccccc2)cc1. The summed E-state index contributed by atoms with van der Waals surface area (Å²) in [5.74, 6) is 0. The maximum absolute atomic E-state index is 4.02. The molecular weight excluding hydrogens is 250 g/mol. The first kappa shape index (κ1) is 12.4. The van der Waals surface area contributed by atoms with Gasteiger partial charge in [0, 0.05) is 17.1 Å². The number of anilines is 1. The maximum Gasteiger partial charge on any atom is 0.0874 e. The Labute approximate surface area is 105 Å². The monoisotopic (exact) mass is 260 g/mol. The third kappa shape index (κ3) is 3.85. The van der Waals surface area contributed by atoms with Gasteiger partial charge < -0.3 is 0 Å². The first-order valence-electron chi connectivity index (χ1n) is 4.72. The van der Waals surface area contributed by atoms with Gasteiger partial charge in [-0.1, -0.05) is 41.6 Å². The second-order valence-electron chi connectivity index (χ2n) is 3.01. The van der Waals surface area contributed by atoms with Gasteiger partial charge in [0.05, 0.1) is 11.4 Å². The quantitative estimate of drug-likeness (QED) is 0.509. The van der Waals surface area contributed by atoms with Crippen molar-refractivity contribution in [3.63, 3.8) is 0 Å². The van der Waals surface area contributed by atoms with Crippen LogP contribution >= 0.6 is 0 Å². The molecule has 16 heavy (non-hydrogen) atoms. The van der Waals surface area contributed by atoms with Crippen molar-refractivity contribution in [2.75, 3.05) is 5.43 Å². The minimum absolute atomic E-state index is 0. The fourth-order valence-corrected chi connectivity index (χ4v) is 1.15. The van der Waals surface area contributed by atoms with Gasteiger partial charge in [-0.25, -0.2) is 0 Å². The van der Waals surface area contributed by atoms with Crippen LogP contribution in [0.4, 0.5) is 11.4 Å². The number of para-hydroxylation sites is 1. The molecule has 4 heteroatoms. The zero-order valence-electron chi connectivity index (χ0n) is 8.47. The third-order valence-corrected chi connectivity index (χ3v) is 1.87. The van der Waals surface area contributed by atoms with E-state index in [9.17, 15) is 0 Å². The van der Waals surface area contributed by atoms with E-state index in [4.69, 9.17) is 0 Å². The zero-order valence-corrected chi connectivity index (χ0v) is 9.41. The van der Waals surface area contributed by atoms with Crippen molar-refractivity contribution in [3.8, 4) is 0 Å². The van der Waals surface area contributed by atoms with E-state index in [1.807, 2.05) is 60.7 Å². The molecule has 0 unspecified atom stereocenters.